The van der Waals surface area contributed by atoms with E-state index in [4.69, 9.17) is 10.2 Å². The zero-order chi connectivity index (χ0) is 29.9. The van der Waals surface area contributed by atoms with Gasteiger partial charge < -0.3 is 0 Å². The van der Waals surface area contributed by atoms with E-state index in [2.05, 4.69) is 29.2 Å². The Kier molecular flexibility index (Phi) is 7.41. The molecule has 0 aliphatic carbocycles. The molecule has 3 heterocycles. The van der Waals surface area contributed by atoms with E-state index in [1.807, 2.05) is 138 Å². The summed E-state index contributed by atoms with van der Waals surface area (Å²) in [6.45, 7) is 1.10. The van der Waals surface area contributed by atoms with Gasteiger partial charge in [-0.2, -0.15) is 10.2 Å². The van der Waals surface area contributed by atoms with Crippen LogP contribution in [0.1, 0.15) is 11.1 Å². The molecule has 1 fully saturated rings. The summed E-state index contributed by atoms with van der Waals surface area (Å²) >= 11 is 0. The molecule has 0 N–H and O–H groups in total. The zero-order valence-electron chi connectivity index (χ0n) is 24.4. The Labute approximate surface area is 256 Å². The van der Waals surface area contributed by atoms with Crippen LogP contribution in [0.15, 0.2) is 145 Å². The quantitative estimate of drug-likeness (QED) is 0.195. The van der Waals surface area contributed by atoms with Gasteiger partial charge in [0.05, 0.1) is 22.8 Å². The maximum Gasteiger partial charge on any atom is 0.187 e. The first-order valence-corrected chi connectivity index (χ1v) is 14.7. The molecule has 6 nitrogen and oxygen atoms in total. The van der Waals surface area contributed by atoms with Crippen molar-refractivity contribution in [1.29, 1.82) is 0 Å². The van der Waals surface area contributed by atoms with E-state index in [-0.39, 0.29) is 5.78 Å². The number of nitrogens with zero attached hydrogens (tertiary/aromatic N) is 5. The summed E-state index contributed by atoms with van der Waals surface area (Å²) in [5, 5.41) is 9.89. The minimum Gasteiger partial charge on any atom is -0.298 e. The molecule has 214 valence electrons. The number of hydrogen-bond donors (Lipinski definition) is 0. The molecule has 1 saturated heterocycles. The van der Waals surface area contributed by atoms with E-state index in [0.29, 0.717) is 13.1 Å². The number of rotatable bonds is 6. The highest BCUT2D eigenvalue weighted by atomic mass is 16.1. The normalized spacial score (nSPS) is 15.7. The van der Waals surface area contributed by atoms with Crippen molar-refractivity contribution in [3.63, 3.8) is 0 Å². The van der Waals surface area contributed by atoms with Gasteiger partial charge >= 0.3 is 0 Å². The number of aromatic nitrogens is 4. The van der Waals surface area contributed by atoms with Crippen LogP contribution < -0.4 is 0 Å². The van der Waals surface area contributed by atoms with Crippen LogP contribution in [0.2, 0.25) is 0 Å². The number of piperidine rings is 1. The smallest absolute Gasteiger partial charge is 0.187 e. The van der Waals surface area contributed by atoms with Crippen LogP contribution in [0.5, 0.6) is 0 Å². The number of likely N-dealkylation sites (N-methyl/N-ethyl adjacent to an activating group) is 1. The minimum atomic E-state index is 0.0426. The lowest BCUT2D eigenvalue weighted by Gasteiger charge is -2.26. The molecule has 0 atom stereocenters. The predicted octanol–water partition coefficient (Wildman–Crippen LogP) is 7.37. The van der Waals surface area contributed by atoms with E-state index < -0.39 is 0 Å². The molecule has 0 unspecified atom stereocenters. The standard InChI is InChI=1S/C38H31N5O/c1-41-24-32(22-30-26-42(34-18-10-4-11-19-34)39-36(30)28-14-6-2-7-15-28)38(44)33(25-41)23-31-27-43(35-20-12-5-13-21-35)40-37(31)29-16-8-3-9-17-29/h2-23,26-27H,24-25H2,1H3/b32-22-,33-23-. The van der Waals surface area contributed by atoms with Crippen molar-refractivity contribution >= 4 is 17.9 Å². The van der Waals surface area contributed by atoms with Crippen LogP contribution in [-0.2, 0) is 4.79 Å². The van der Waals surface area contributed by atoms with Gasteiger partial charge in [0.1, 0.15) is 0 Å². The van der Waals surface area contributed by atoms with Crippen LogP contribution in [0.4, 0.5) is 0 Å². The fourth-order valence-electron chi connectivity index (χ4n) is 5.64. The van der Waals surface area contributed by atoms with Gasteiger partial charge in [0.15, 0.2) is 5.78 Å². The Bertz CT molecular complexity index is 1830. The highest BCUT2D eigenvalue weighted by Crippen LogP contribution is 2.30. The summed E-state index contributed by atoms with van der Waals surface area (Å²) in [7, 11) is 2.05. The Morgan fingerprint density at radius 3 is 1.30 bits per heavy atom. The average molecular weight is 574 g/mol. The summed E-state index contributed by atoms with van der Waals surface area (Å²) < 4.78 is 3.76. The van der Waals surface area contributed by atoms with Gasteiger partial charge in [-0.3, -0.25) is 9.69 Å². The third kappa shape index (κ3) is 5.59. The lowest BCUT2D eigenvalue weighted by Crippen LogP contribution is -2.34. The summed E-state index contributed by atoms with van der Waals surface area (Å²) in [4.78, 5) is 16.3. The molecule has 1 aliphatic heterocycles. The lowest BCUT2D eigenvalue weighted by atomic mass is 9.94. The zero-order valence-corrected chi connectivity index (χ0v) is 24.4. The van der Waals surface area contributed by atoms with Gasteiger partial charge in [0.2, 0.25) is 0 Å². The number of para-hydroxylation sites is 2. The topological polar surface area (TPSA) is 56.0 Å². The van der Waals surface area contributed by atoms with E-state index in [0.717, 1.165) is 56.2 Å². The van der Waals surface area contributed by atoms with Gasteiger partial charge in [-0.15, -0.1) is 0 Å². The van der Waals surface area contributed by atoms with Gasteiger partial charge in [0.25, 0.3) is 0 Å². The van der Waals surface area contributed by atoms with Crippen LogP contribution in [-0.4, -0.2) is 50.4 Å². The third-order valence-electron chi connectivity index (χ3n) is 7.74. The van der Waals surface area contributed by atoms with Gasteiger partial charge in [0, 0.05) is 58.9 Å². The second-order valence-corrected chi connectivity index (χ2v) is 11.0. The second-order valence-electron chi connectivity index (χ2n) is 11.0. The summed E-state index contributed by atoms with van der Waals surface area (Å²) in [6.07, 6.45) is 8.03. The highest BCUT2D eigenvalue weighted by molar-refractivity contribution is 6.15. The van der Waals surface area contributed by atoms with Crippen LogP contribution >= 0.6 is 0 Å². The molecule has 4 aromatic carbocycles. The van der Waals surface area contributed by atoms with Crippen molar-refractivity contribution in [1.82, 2.24) is 24.5 Å². The fraction of sp³-hybridized carbons (Fsp3) is 0.0789. The molecule has 0 radical (unpaired) electrons. The van der Waals surface area contributed by atoms with E-state index >= 15 is 0 Å². The predicted molar refractivity (Wildman–Crippen MR) is 176 cm³/mol. The number of ketones is 1. The van der Waals surface area contributed by atoms with Crippen LogP contribution in [0, 0.1) is 0 Å². The molecule has 6 aromatic rings. The van der Waals surface area contributed by atoms with Crippen molar-refractivity contribution < 1.29 is 4.79 Å². The number of benzene rings is 4. The van der Waals surface area contributed by atoms with Crippen molar-refractivity contribution in [2.24, 2.45) is 0 Å². The molecule has 0 bridgehead atoms. The Balaban J connectivity index is 1.30. The van der Waals surface area contributed by atoms with E-state index in [9.17, 15) is 4.79 Å². The largest absolute Gasteiger partial charge is 0.298 e. The van der Waals surface area contributed by atoms with Gasteiger partial charge in [-0.1, -0.05) is 97.1 Å². The van der Waals surface area contributed by atoms with Crippen molar-refractivity contribution in [3.8, 4) is 33.9 Å². The lowest BCUT2D eigenvalue weighted by molar-refractivity contribution is -0.113. The number of carbonyl (C=O) groups excluding carboxylic acids is 1. The molecule has 1 aliphatic rings. The van der Waals surface area contributed by atoms with E-state index in [1.54, 1.807) is 0 Å². The number of Topliss-reactive ketones (excluding diaryl/α,β-unsaturated/α-hetero) is 1. The monoisotopic (exact) mass is 573 g/mol. The van der Waals surface area contributed by atoms with Crippen molar-refractivity contribution in [3.05, 3.63) is 156 Å². The van der Waals surface area contributed by atoms with E-state index in [1.165, 1.54) is 0 Å². The number of hydrogen-bond acceptors (Lipinski definition) is 4. The SMILES string of the molecule is CN1C/C(=C/c2cn(-c3ccccc3)nc2-c2ccccc2)C(=O)/C(=C\c2cn(-c3ccccc3)nc2-c2ccccc2)C1. The maximum atomic E-state index is 14.1. The average Bonchev–Trinajstić information content (AvgIpc) is 3.70. The number of carbonyl (C=O) groups is 1. The highest BCUT2D eigenvalue weighted by Gasteiger charge is 2.26. The molecule has 2 aromatic heterocycles. The minimum absolute atomic E-state index is 0.0426. The second kappa shape index (κ2) is 12.0. The van der Waals surface area contributed by atoms with Gasteiger partial charge in [-0.25, -0.2) is 9.36 Å². The molecular weight excluding hydrogens is 542 g/mol. The maximum absolute atomic E-state index is 14.1. The Morgan fingerprint density at radius 2 is 0.909 bits per heavy atom. The number of likely N-dealkylation sites (tertiary alicyclic amines) is 1. The molecule has 44 heavy (non-hydrogen) atoms. The molecule has 0 spiro atoms. The first-order valence-electron chi connectivity index (χ1n) is 14.7. The Hall–Kier alpha value is -5.59. The summed E-state index contributed by atoms with van der Waals surface area (Å²) in [6, 6.07) is 40.3. The van der Waals surface area contributed by atoms with Crippen molar-refractivity contribution in [2.45, 2.75) is 0 Å². The molecule has 0 amide bonds. The Morgan fingerprint density at radius 1 is 0.545 bits per heavy atom. The fourth-order valence-corrected chi connectivity index (χ4v) is 5.64. The summed E-state index contributed by atoms with van der Waals surface area (Å²) in [5.74, 6) is 0.0426. The van der Waals surface area contributed by atoms with Gasteiger partial charge in [-0.05, 0) is 43.5 Å². The molecule has 0 saturated carbocycles. The third-order valence-corrected chi connectivity index (χ3v) is 7.74. The molecular formula is C38H31N5O. The van der Waals surface area contributed by atoms with Crippen LogP contribution in [0.25, 0.3) is 46.0 Å². The van der Waals surface area contributed by atoms with Crippen LogP contribution in [0.3, 0.4) is 0 Å². The van der Waals surface area contributed by atoms with Crippen molar-refractivity contribution in [2.75, 3.05) is 20.1 Å². The molecule has 7 rings (SSSR count). The first-order chi connectivity index (χ1) is 21.6. The molecule has 6 heteroatoms. The summed E-state index contributed by atoms with van der Waals surface area (Å²) in [5.41, 5.74) is 8.87. The first kappa shape index (κ1) is 27.3.